The van der Waals surface area contributed by atoms with Gasteiger partial charge in [0.25, 0.3) is 0 Å². The number of carbonyl (C=O) groups is 1. The molecule has 2 aliphatic carbocycles. The lowest BCUT2D eigenvalue weighted by molar-refractivity contribution is -0.131. The zero-order chi connectivity index (χ0) is 15.0. The summed E-state index contributed by atoms with van der Waals surface area (Å²) < 4.78 is 0. The van der Waals surface area contributed by atoms with Crippen LogP contribution >= 0.6 is 0 Å². The third-order valence-electron chi connectivity index (χ3n) is 4.82. The van der Waals surface area contributed by atoms with Crippen molar-refractivity contribution >= 4 is 11.7 Å². The average molecular weight is 287 g/mol. The van der Waals surface area contributed by atoms with Gasteiger partial charge in [-0.25, -0.2) is 0 Å². The Morgan fingerprint density at radius 1 is 1.48 bits per heavy atom. The molecule has 2 aliphatic rings. The fourth-order valence-corrected chi connectivity index (χ4v) is 3.60. The largest absolute Gasteiger partial charge is 0.409 e. The molecule has 0 aromatic heterocycles. The lowest BCUT2D eigenvalue weighted by Crippen LogP contribution is -2.32. The maximum atomic E-state index is 12.6. The predicted octanol–water partition coefficient (Wildman–Crippen LogP) is 1.56. The van der Waals surface area contributed by atoms with Crippen LogP contribution in [-0.2, 0) is 11.2 Å². The fraction of sp³-hybridized carbons (Fsp3) is 0.500. The minimum atomic E-state index is 0.117. The zero-order valence-electron chi connectivity index (χ0n) is 12.2. The van der Waals surface area contributed by atoms with Crippen molar-refractivity contribution in [3.63, 3.8) is 0 Å². The molecule has 5 nitrogen and oxygen atoms in total. The van der Waals surface area contributed by atoms with Gasteiger partial charge < -0.3 is 15.8 Å². The van der Waals surface area contributed by atoms with E-state index in [0.29, 0.717) is 24.8 Å². The van der Waals surface area contributed by atoms with Crippen LogP contribution in [0, 0.1) is 11.8 Å². The van der Waals surface area contributed by atoms with Crippen molar-refractivity contribution in [2.75, 3.05) is 13.6 Å². The number of amides is 1. The number of aryl methyl sites for hydroxylation is 1. The number of benzene rings is 1. The van der Waals surface area contributed by atoms with Gasteiger partial charge in [-0.1, -0.05) is 29.4 Å². The molecule has 3 atom stereocenters. The smallest absolute Gasteiger partial charge is 0.226 e. The molecule has 1 aromatic rings. The number of rotatable bonds is 4. The topological polar surface area (TPSA) is 78.9 Å². The van der Waals surface area contributed by atoms with E-state index < -0.39 is 0 Å². The molecular weight excluding hydrogens is 266 g/mol. The van der Waals surface area contributed by atoms with Crippen molar-refractivity contribution in [2.45, 2.75) is 25.2 Å². The summed E-state index contributed by atoms with van der Waals surface area (Å²) in [6, 6.07) is 8.47. The van der Waals surface area contributed by atoms with E-state index in [-0.39, 0.29) is 17.7 Å². The van der Waals surface area contributed by atoms with E-state index in [1.54, 1.807) is 11.9 Å². The Balaban J connectivity index is 1.66. The number of amidine groups is 1. The molecule has 1 saturated carbocycles. The van der Waals surface area contributed by atoms with Crippen molar-refractivity contribution in [1.82, 2.24) is 4.90 Å². The highest BCUT2D eigenvalue weighted by Gasteiger charge is 2.57. The Kier molecular flexibility index (Phi) is 3.57. The van der Waals surface area contributed by atoms with Crippen LogP contribution in [0.25, 0.3) is 0 Å². The highest BCUT2D eigenvalue weighted by molar-refractivity contribution is 5.85. The molecule has 0 spiro atoms. The highest BCUT2D eigenvalue weighted by Crippen LogP contribution is 2.60. The van der Waals surface area contributed by atoms with Gasteiger partial charge in [-0.2, -0.15) is 0 Å². The van der Waals surface area contributed by atoms with Gasteiger partial charge in [0.1, 0.15) is 5.84 Å². The maximum Gasteiger partial charge on any atom is 0.226 e. The van der Waals surface area contributed by atoms with Crippen LogP contribution in [0.5, 0.6) is 0 Å². The standard InChI is InChI=1S/C16H21N3O2/c1-19(9-8-13(17)18-21)16(20)15-12-7-6-10-4-2-3-5-11(10)14(12)15/h2-5,12,14-15,21H,6-9H2,1H3,(H2,17,18). The lowest BCUT2D eigenvalue weighted by Gasteiger charge is -2.17. The molecule has 1 aromatic carbocycles. The molecule has 3 rings (SSSR count). The van der Waals surface area contributed by atoms with E-state index in [1.165, 1.54) is 11.1 Å². The van der Waals surface area contributed by atoms with E-state index in [1.807, 2.05) is 0 Å². The highest BCUT2D eigenvalue weighted by atomic mass is 16.4. The number of fused-ring (bicyclic) bond motifs is 3. The minimum absolute atomic E-state index is 0.117. The van der Waals surface area contributed by atoms with Crippen LogP contribution in [0.3, 0.4) is 0 Å². The molecule has 0 heterocycles. The average Bonchev–Trinajstić information content (AvgIpc) is 3.26. The molecule has 3 N–H and O–H groups in total. The van der Waals surface area contributed by atoms with E-state index in [9.17, 15) is 4.79 Å². The summed E-state index contributed by atoms with van der Waals surface area (Å²) in [5.41, 5.74) is 8.21. The summed E-state index contributed by atoms with van der Waals surface area (Å²) >= 11 is 0. The summed E-state index contributed by atoms with van der Waals surface area (Å²) in [6.45, 7) is 0.492. The number of carbonyl (C=O) groups excluding carboxylic acids is 1. The summed E-state index contributed by atoms with van der Waals surface area (Å²) in [6.07, 6.45) is 2.58. The van der Waals surface area contributed by atoms with Gasteiger partial charge in [0.15, 0.2) is 0 Å². The molecule has 0 saturated heterocycles. The third-order valence-corrected chi connectivity index (χ3v) is 4.82. The molecule has 5 heteroatoms. The number of nitrogens with two attached hydrogens (primary N) is 1. The lowest BCUT2D eigenvalue weighted by atomic mass is 9.92. The Hall–Kier alpha value is -2.04. The minimum Gasteiger partial charge on any atom is -0.409 e. The SMILES string of the molecule is CN(CC/C(N)=N/O)C(=O)C1C2CCc3ccccc3C21. The van der Waals surface area contributed by atoms with Gasteiger partial charge in [-0.3, -0.25) is 4.79 Å². The van der Waals surface area contributed by atoms with Crippen LogP contribution < -0.4 is 5.73 Å². The van der Waals surface area contributed by atoms with Crippen LogP contribution in [-0.4, -0.2) is 35.4 Å². The first-order valence-electron chi connectivity index (χ1n) is 7.42. The Bertz CT molecular complexity index is 585. The summed E-state index contributed by atoms with van der Waals surface area (Å²) in [5, 5.41) is 11.5. The van der Waals surface area contributed by atoms with E-state index >= 15 is 0 Å². The van der Waals surface area contributed by atoms with Gasteiger partial charge in [0.2, 0.25) is 5.91 Å². The maximum absolute atomic E-state index is 12.6. The molecule has 21 heavy (non-hydrogen) atoms. The van der Waals surface area contributed by atoms with Crippen LogP contribution in [0.1, 0.15) is 29.9 Å². The molecule has 1 fully saturated rings. The summed E-state index contributed by atoms with van der Waals surface area (Å²) in [4.78, 5) is 14.3. The Labute approximate surface area is 124 Å². The third kappa shape index (κ3) is 2.48. The first-order chi connectivity index (χ1) is 10.1. The zero-order valence-corrected chi connectivity index (χ0v) is 12.2. The monoisotopic (exact) mass is 287 g/mol. The molecule has 112 valence electrons. The molecule has 1 amide bonds. The van der Waals surface area contributed by atoms with Crippen molar-refractivity contribution in [3.05, 3.63) is 35.4 Å². The van der Waals surface area contributed by atoms with Crippen molar-refractivity contribution in [1.29, 1.82) is 0 Å². The normalized spacial score (nSPS) is 26.7. The number of nitrogens with zero attached hydrogens (tertiary/aromatic N) is 2. The summed E-state index contributed by atoms with van der Waals surface area (Å²) in [7, 11) is 1.79. The second kappa shape index (κ2) is 5.39. The van der Waals surface area contributed by atoms with Gasteiger partial charge >= 0.3 is 0 Å². The quantitative estimate of drug-likeness (QED) is 0.382. The summed E-state index contributed by atoms with van der Waals surface area (Å²) in [5.74, 6) is 1.36. The van der Waals surface area contributed by atoms with Crippen LogP contribution in [0.15, 0.2) is 29.4 Å². The molecule has 0 radical (unpaired) electrons. The second-order valence-corrected chi connectivity index (χ2v) is 6.05. The van der Waals surface area contributed by atoms with Crippen LogP contribution in [0.2, 0.25) is 0 Å². The molecule has 0 bridgehead atoms. The predicted molar refractivity (Wildman–Crippen MR) is 80.1 cm³/mol. The van der Waals surface area contributed by atoms with Gasteiger partial charge in [0.05, 0.1) is 0 Å². The van der Waals surface area contributed by atoms with Gasteiger partial charge in [0, 0.05) is 25.9 Å². The fourth-order valence-electron chi connectivity index (χ4n) is 3.60. The number of hydrogen-bond acceptors (Lipinski definition) is 3. The molecule has 0 aliphatic heterocycles. The van der Waals surface area contributed by atoms with Crippen molar-refractivity contribution in [2.24, 2.45) is 22.7 Å². The molecular formula is C16H21N3O2. The van der Waals surface area contributed by atoms with E-state index in [0.717, 1.165) is 12.8 Å². The van der Waals surface area contributed by atoms with E-state index in [2.05, 4.69) is 29.4 Å². The van der Waals surface area contributed by atoms with Crippen LogP contribution in [0.4, 0.5) is 0 Å². The van der Waals surface area contributed by atoms with Crippen molar-refractivity contribution in [3.8, 4) is 0 Å². The number of hydrogen-bond donors (Lipinski definition) is 2. The van der Waals surface area contributed by atoms with Gasteiger partial charge in [-0.05, 0) is 35.8 Å². The van der Waals surface area contributed by atoms with Gasteiger partial charge in [-0.15, -0.1) is 0 Å². The number of oxime groups is 1. The van der Waals surface area contributed by atoms with Crippen molar-refractivity contribution < 1.29 is 10.0 Å². The first kappa shape index (κ1) is 13.9. The first-order valence-corrected chi connectivity index (χ1v) is 7.42. The van der Waals surface area contributed by atoms with E-state index in [4.69, 9.17) is 10.9 Å². The second-order valence-electron chi connectivity index (χ2n) is 6.05. The Morgan fingerprint density at radius 3 is 3.00 bits per heavy atom. The Morgan fingerprint density at radius 2 is 2.24 bits per heavy atom. The molecule has 3 unspecified atom stereocenters.